The fourth-order valence-corrected chi connectivity index (χ4v) is 4.62. The average molecular weight is 396 g/mol. The summed E-state index contributed by atoms with van der Waals surface area (Å²) < 4.78 is 50.1. The summed E-state index contributed by atoms with van der Waals surface area (Å²) in [4.78, 5) is 22.5. The lowest BCUT2D eigenvalue weighted by Crippen LogP contribution is -2.34. The third-order valence-corrected chi connectivity index (χ3v) is 6.08. The molecule has 0 radical (unpaired) electrons. The van der Waals surface area contributed by atoms with Gasteiger partial charge in [-0.15, -0.1) is 0 Å². The van der Waals surface area contributed by atoms with E-state index in [1.165, 1.54) is 6.07 Å². The molecule has 0 aliphatic carbocycles. The highest BCUT2D eigenvalue weighted by Crippen LogP contribution is 2.21. The van der Waals surface area contributed by atoms with Gasteiger partial charge < -0.3 is 10.2 Å². The average Bonchev–Trinajstić information content (AvgIpc) is 2.96. The van der Waals surface area contributed by atoms with Crippen LogP contribution in [0, 0.1) is 18.6 Å². The van der Waals surface area contributed by atoms with Crippen molar-refractivity contribution in [2.45, 2.75) is 19.4 Å². The van der Waals surface area contributed by atoms with Gasteiger partial charge in [-0.25, -0.2) is 27.2 Å². The monoisotopic (exact) mass is 396 g/mol. The van der Waals surface area contributed by atoms with Gasteiger partial charge in [-0.05, 0) is 31.5 Å². The third-order valence-electron chi connectivity index (χ3n) is 4.33. The van der Waals surface area contributed by atoms with E-state index in [1.54, 1.807) is 18.9 Å². The molecule has 1 aromatic carbocycles. The predicted octanol–water partition coefficient (Wildman–Crippen LogP) is 1.94. The lowest BCUT2D eigenvalue weighted by atomic mass is 10.2. The second-order valence-corrected chi connectivity index (χ2v) is 8.67. The largest absolute Gasteiger partial charge is 0.340 e. The van der Waals surface area contributed by atoms with E-state index in [-0.39, 0.29) is 34.9 Å². The molecule has 27 heavy (non-hydrogen) atoms. The van der Waals surface area contributed by atoms with E-state index in [0.29, 0.717) is 18.2 Å². The third kappa shape index (κ3) is 4.38. The molecule has 1 saturated heterocycles. The molecule has 0 spiro atoms. The van der Waals surface area contributed by atoms with Crippen LogP contribution in [0.2, 0.25) is 0 Å². The molecule has 1 aliphatic rings. The van der Waals surface area contributed by atoms with E-state index in [4.69, 9.17) is 0 Å². The van der Waals surface area contributed by atoms with Gasteiger partial charge in [-0.1, -0.05) is 0 Å². The number of carbonyl (C=O) groups is 1. The molecule has 1 unspecified atom stereocenters. The van der Waals surface area contributed by atoms with Gasteiger partial charge in [0.1, 0.15) is 17.3 Å². The Bertz CT molecular complexity index is 998. The number of nitrogens with zero attached hydrogens (tertiary/aromatic N) is 3. The van der Waals surface area contributed by atoms with Crippen LogP contribution < -0.4 is 10.2 Å². The van der Waals surface area contributed by atoms with Crippen molar-refractivity contribution in [3.63, 3.8) is 0 Å². The summed E-state index contributed by atoms with van der Waals surface area (Å²) in [6.07, 6.45) is 0.457. The van der Waals surface area contributed by atoms with E-state index in [9.17, 15) is 22.0 Å². The first kappa shape index (κ1) is 19.2. The molecule has 1 N–H and O–H groups in total. The van der Waals surface area contributed by atoms with Crippen LogP contribution >= 0.6 is 0 Å². The summed E-state index contributed by atoms with van der Waals surface area (Å²) in [6, 6.07) is 3.97. The van der Waals surface area contributed by atoms with E-state index >= 15 is 0 Å². The normalized spacial score (nSPS) is 18.3. The maximum atomic E-state index is 13.7. The number of amides is 1. The SMILES string of the molecule is Cc1cc(C(=O)Nc2ccc(F)cc2F)nc(N(C)C2CCS(=O)(=O)C2)n1. The highest BCUT2D eigenvalue weighted by atomic mass is 32.2. The molecule has 1 amide bonds. The van der Waals surface area contributed by atoms with Crippen LogP contribution in [-0.2, 0) is 9.84 Å². The minimum absolute atomic E-state index is 0.00310. The first-order chi connectivity index (χ1) is 12.6. The molecule has 1 atom stereocenters. The number of halogens is 2. The number of sulfone groups is 1. The van der Waals surface area contributed by atoms with Crippen LogP contribution in [0.5, 0.6) is 0 Å². The topological polar surface area (TPSA) is 92.3 Å². The molecule has 2 heterocycles. The summed E-state index contributed by atoms with van der Waals surface area (Å²) in [5.41, 5.74) is 0.320. The minimum atomic E-state index is -3.08. The number of anilines is 2. The molecule has 2 aromatic rings. The number of hydrogen-bond donors (Lipinski definition) is 1. The van der Waals surface area contributed by atoms with Crippen LogP contribution in [-0.4, -0.2) is 48.9 Å². The van der Waals surface area contributed by atoms with Crippen molar-refractivity contribution >= 4 is 27.4 Å². The van der Waals surface area contributed by atoms with Gasteiger partial charge >= 0.3 is 0 Å². The highest BCUT2D eigenvalue weighted by molar-refractivity contribution is 7.91. The number of hydrogen-bond acceptors (Lipinski definition) is 6. The summed E-state index contributed by atoms with van der Waals surface area (Å²) in [6.45, 7) is 1.67. The van der Waals surface area contributed by atoms with Crippen LogP contribution in [0.25, 0.3) is 0 Å². The standard InChI is InChI=1S/C17H18F2N4O3S/c1-10-7-15(16(24)21-14-4-3-11(18)8-13(14)19)22-17(20-10)23(2)12-5-6-27(25,26)9-12/h3-4,7-8,12H,5-6,9H2,1-2H3,(H,21,24). The number of rotatable bonds is 4. The summed E-state index contributed by atoms with van der Waals surface area (Å²) in [7, 11) is -1.41. The Morgan fingerprint density at radius 1 is 1.26 bits per heavy atom. The summed E-state index contributed by atoms with van der Waals surface area (Å²) >= 11 is 0. The molecular formula is C17H18F2N4O3S. The number of carbonyl (C=O) groups excluding carboxylic acids is 1. The van der Waals surface area contributed by atoms with Crippen molar-refractivity contribution in [3.05, 3.63) is 47.3 Å². The Morgan fingerprint density at radius 3 is 2.63 bits per heavy atom. The Hall–Kier alpha value is -2.62. The molecule has 1 aliphatic heterocycles. The lowest BCUT2D eigenvalue weighted by Gasteiger charge is -2.23. The molecule has 144 valence electrons. The maximum absolute atomic E-state index is 13.7. The van der Waals surface area contributed by atoms with Gasteiger partial charge in [0.15, 0.2) is 9.84 Å². The van der Waals surface area contributed by atoms with E-state index in [0.717, 1.165) is 12.1 Å². The minimum Gasteiger partial charge on any atom is -0.340 e. The first-order valence-electron chi connectivity index (χ1n) is 8.20. The second kappa shape index (κ2) is 7.18. The van der Waals surface area contributed by atoms with Gasteiger partial charge in [0.25, 0.3) is 5.91 Å². The molecule has 0 bridgehead atoms. The van der Waals surface area contributed by atoms with Crippen molar-refractivity contribution in [2.24, 2.45) is 0 Å². The number of benzene rings is 1. The van der Waals surface area contributed by atoms with Crippen LogP contribution in [0.3, 0.4) is 0 Å². The van der Waals surface area contributed by atoms with Gasteiger partial charge in [-0.2, -0.15) is 0 Å². The first-order valence-corrected chi connectivity index (χ1v) is 10.0. The van der Waals surface area contributed by atoms with Crippen LogP contribution in [0.15, 0.2) is 24.3 Å². The van der Waals surface area contributed by atoms with Crippen molar-refractivity contribution in [3.8, 4) is 0 Å². The zero-order valence-corrected chi connectivity index (χ0v) is 15.6. The van der Waals surface area contributed by atoms with Crippen molar-refractivity contribution in [2.75, 3.05) is 28.8 Å². The van der Waals surface area contributed by atoms with Crippen LogP contribution in [0.1, 0.15) is 22.6 Å². The maximum Gasteiger partial charge on any atom is 0.274 e. The fourth-order valence-electron chi connectivity index (χ4n) is 2.85. The van der Waals surface area contributed by atoms with E-state index < -0.39 is 27.4 Å². The molecular weight excluding hydrogens is 378 g/mol. The lowest BCUT2D eigenvalue weighted by molar-refractivity contribution is 0.102. The molecule has 1 aromatic heterocycles. The number of nitrogens with one attached hydrogen (secondary N) is 1. The van der Waals surface area contributed by atoms with E-state index in [1.807, 2.05) is 0 Å². The zero-order chi connectivity index (χ0) is 19.8. The molecule has 1 fully saturated rings. The van der Waals surface area contributed by atoms with Crippen LogP contribution in [0.4, 0.5) is 20.4 Å². The van der Waals surface area contributed by atoms with Crippen molar-refractivity contribution in [1.29, 1.82) is 0 Å². The van der Waals surface area contributed by atoms with Gasteiger partial charge in [0, 0.05) is 24.8 Å². The Kier molecular flexibility index (Phi) is 5.09. The van der Waals surface area contributed by atoms with Gasteiger partial charge in [-0.3, -0.25) is 4.79 Å². The predicted molar refractivity (Wildman–Crippen MR) is 96.5 cm³/mol. The Morgan fingerprint density at radius 2 is 2.00 bits per heavy atom. The van der Waals surface area contributed by atoms with E-state index in [2.05, 4.69) is 15.3 Å². The smallest absolute Gasteiger partial charge is 0.274 e. The molecule has 0 saturated carbocycles. The summed E-state index contributed by atoms with van der Waals surface area (Å²) in [5.74, 6) is -2.02. The van der Waals surface area contributed by atoms with Crippen molar-refractivity contribution < 1.29 is 22.0 Å². The quantitative estimate of drug-likeness (QED) is 0.849. The Labute approximate surface area is 155 Å². The van der Waals surface area contributed by atoms with Crippen molar-refractivity contribution in [1.82, 2.24) is 9.97 Å². The zero-order valence-electron chi connectivity index (χ0n) is 14.7. The molecule has 10 heteroatoms. The second-order valence-electron chi connectivity index (χ2n) is 6.44. The fraction of sp³-hybridized carbons (Fsp3) is 0.353. The van der Waals surface area contributed by atoms with Gasteiger partial charge in [0.05, 0.1) is 17.2 Å². The summed E-state index contributed by atoms with van der Waals surface area (Å²) in [5, 5.41) is 2.34. The molecule has 3 rings (SSSR count). The van der Waals surface area contributed by atoms with Gasteiger partial charge in [0.2, 0.25) is 5.95 Å². The number of aromatic nitrogens is 2. The Balaban J connectivity index is 1.83. The molecule has 7 nitrogen and oxygen atoms in total. The number of aryl methyl sites for hydroxylation is 1. The highest BCUT2D eigenvalue weighted by Gasteiger charge is 2.32.